The highest BCUT2D eigenvalue weighted by Crippen LogP contribution is 2.17. The Kier molecular flexibility index (Phi) is 4.16. The number of rotatable bonds is 2. The minimum Gasteiger partial charge on any atom is -0.381 e. The van der Waals surface area contributed by atoms with E-state index >= 15 is 0 Å². The maximum Gasteiger partial charge on any atom is 0.0950 e. The Morgan fingerprint density at radius 2 is 1.81 bits per heavy atom. The van der Waals surface area contributed by atoms with Crippen molar-refractivity contribution in [1.29, 1.82) is 5.26 Å². The zero-order valence-corrected chi connectivity index (χ0v) is 10.1. The highest BCUT2D eigenvalue weighted by atomic mass is 16.5. The van der Waals surface area contributed by atoms with E-state index in [1.807, 2.05) is 6.92 Å². The number of hydrogen-bond donors (Lipinski definition) is 0. The smallest absolute Gasteiger partial charge is 0.0950 e. The summed E-state index contributed by atoms with van der Waals surface area (Å²) >= 11 is 0. The molecule has 90 valence electrons. The van der Waals surface area contributed by atoms with Crippen LogP contribution in [0.25, 0.3) is 0 Å². The number of hydrogen-bond acceptors (Lipinski definition) is 4. The molecule has 2 saturated heterocycles. The minimum absolute atomic E-state index is 0.0665. The van der Waals surface area contributed by atoms with Crippen LogP contribution in [0.4, 0.5) is 0 Å². The fraction of sp³-hybridized carbons (Fsp3) is 0.917. The topological polar surface area (TPSA) is 39.5 Å². The number of nitriles is 1. The molecule has 0 saturated carbocycles. The molecule has 1 unspecified atom stereocenters. The van der Waals surface area contributed by atoms with E-state index in [4.69, 9.17) is 10.00 Å². The lowest BCUT2D eigenvalue weighted by Gasteiger charge is -2.41. The molecule has 0 aromatic rings. The third-order valence-electron chi connectivity index (χ3n) is 3.79. The maximum atomic E-state index is 8.88. The number of nitrogens with zero attached hydrogens (tertiary/aromatic N) is 3. The summed E-state index contributed by atoms with van der Waals surface area (Å²) < 4.78 is 5.39. The second-order valence-electron chi connectivity index (χ2n) is 4.72. The van der Waals surface area contributed by atoms with E-state index in [9.17, 15) is 0 Å². The summed E-state index contributed by atoms with van der Waals surface area (Å²) in [6.07, 6.45) is 2.35. The molecule has 2 heterocycles. The molecular formula is C12H21N3O. The van der Waals surface area contributed by atoms with Crippen LogP contribution in [0, 0.1) is 11.3 Å². The van der Waals surface area contributed by atoms with Crippen LogP contribution in [0.3, 0.4) is 0 Å². The Bertz CT molecular complexity index is 249. The first-order chi connectivity index (χ1) is 7.81. The van der Waals surface area contributed by atoms with Gasteiger partial charge in [0.15, 0.2) is 0 Å². The van der Waals surface area contributed by atoms with Crippen molar-refractivity contribution in [2.24, 2.45) is 0 Å². The Morgan fingerprint density at radius 1 is 1.19 bits per heavy atom. The highest BCUT2D eigenvalue weighted by Gasteiger charge is 2.26. The molecular weight excluding hydrogens is 202 g/mol. The van der Waals surface area contributed by atoms with Gasteiger partial charge in [0.25, 0.3) is 0 Å². The molecule has 0 amide bonds. The summed E-state index contributed by atoms with van der Waals surface area (Å²) in [6.45, 7) is 8.11. The Labute approximate surface area is 97.8 Å². The van der Waals surface area contributed by atoms with Gasteiger partial charge in [-0.25, -0.2) is 0 Å². The van der Waals surface area contributed by atoms with E-state index in [0.717, 1.165) is 39.4 Å². The average Bonchev–Trinajstić information content (AvgIpc) is 2.39. The van der Waals surface area contributed by atoms with Crippen molar-refractivity contribution in [2.45, 2.75) is 31.8 Å². The standard InChI is InChI=1S/C12H21N3O/c1-11(10-13)14-4-6-15(7-5-14)12-2-8-16-9-3-12/h11-12H,2-9H2,1H3. The molecule has 2 aliphatic heterocycles. The molecule has 2 rings (SSSR count). The van der Waals surface area contributed by atoms with Crippen molar-refractivity contribution < 1.29 is 4.74 Å². The van der Waals surface area contributed by atoms with Crippen LogP contribution in [0.2, 0.25) is 0 Å². The van der Waals surface area contributed by atoms with Gasteiger partial charge in [0, 0.05) is 45.4 Å². The lowest BCUT2D eigenvalue weighted by Crippen LogP contribution is -2.53. The lowest BCUT2D eigenvalue weighted by molar-refractivity contribution is 0.0112. The molecule has 0 aliphatic carbocycles. The SMILES string of the molecule is CC(C#N)N1CCN(C2CCOCC2)CC1. The van der Waals surface area contributed by atoms with Crippen molar-refractivity contribution >= 4 is 0 Å². The van der Waals surface area contributed by atoms with Crippen molar-refractivity contribution in [3.63, 3.8) is 0 Å². The maximum absolute atomic E-state index is 8.88. The molecule has 0 aromatic heterocycles. The van der Waals surface area contributed by atoms with Gasteiger partial charge in [0.05, 0.1) is 12.1 Å². The summed E-state index contributed by atoms with van der Waals surface area (Å²) in [7, 11) is 0. The van der Waals surface area contributed by atoms with E-state index in [1.54, 1.807) is 0 Å². The fourth-order valence-electron chi connectivity index (χ4n) is 2.62. The van der Waals surface area contributed by atoms with Crippen LogP contribution in [0.15, 0.2) is 0 Å². The average molecular weight is 223 g/mol. The molecule has 4 nitrogen and oxygen atoms in total. The Hall–Kier alpha value is -0.630. The molecule has 0 aromatic carbocycles. The molecule has 2 fully saturated rings. The summed E-state index contributed by atoms with van der Waals surface area (Å²) in [4.78, 5) is 4.85. The number of ether oxygens (including phenoxy) is 1. The zero-order valence-electron chi connectivity index (χ0n) is 10.1. The van der Waals surface area contributed by atoms with Crippen molar-refractivity contribution in [3.05, 3.63) is 0 Å². The fourth-order valence-corrected chi connectivity index (χ4v) is 2.62. The van der Waals surface area contributed by atoms with Gasteiger partial charge >= 0.3 is 0 Å². The molecule has 2 aliphatic rings. The molecule has 0 spiro atoms. The second-order valence-corrected chi connectivity index (χ2v) is 4.72. The van der Waals surface area contributed by atoms with Gasteiger partial charge in [-0.15, -0.1) is 0 Å². The molecule has 4 heteroatoms. The van der Waals surface area contributed by atoms with Crippen LogP contribution in [-0.4, -0.2) is 61.3 Å². The number of piperazine rings is 1. The molecule has 16 heavy (non-hydrogen) atoms. The summed E-state index contributed by atoms with van der Waals surface area (Å²) in [5.74, 6) is 0. The van der Waals surface area contributed by atoms with Gasteiger partial charge in [-0.3, -0.25) is 9.80 Å². The summed E-state index contributed by atoms with van der Waals surface area (Å²) in [6, 6.07) is 3.10. The van der Waals surface area contributed by atoms with Crippen molar-refractivity contribution in [1.82, 2.24) is 9.80 Å². The van der Waals surface area contributed by atoms with Gasteiger partial charge in [0.1, 0.15) is 0 Å². The molecule has 0 N–H and O–H groups in total. The van der Waals surface area contributed by atoms with E-state index in [-0.39, 0.29) is 6.04 Å². The second kappa shape index (κ2) is 5.62. The van der Waals surface area contributed by atoms with Crippen LogP contribution >= 0.6 is 0 Å². The minimum atomic E-state index is 0.0665. The Balaban J connectivity index is 1.78. The normalized spacial score (nSPS) is 27.5. The highest BCUT2D eigenvalue weighted by molar-refractivity contribution is 4.91. The van der Waals surface area contributed by atoms with Crippen molar-refractivity contribution in [2.75, 3.05) is 39.4 Å². The van der Waals surface area contributed by atoms with Gasteiger partial charge in [-0.2, -0.15) is 5.26 Å². The summed E-state index contributed by atoms with van der Waals surface area (Å²) in [5.41, 5.74) is 0. The van der Waals surface area contributed by atoms with Gasteiger partial charge in [-0.05, 0) is 19.8 Å². The lowest BCUT2D eigenvalue weighted by atomic mass is 10.1. The molecule has 1 atom stereocenters. The summed E-state index contributed by atoms with van der Waals surface area (Å²) in [5, 5.41) is 8.88. The van der Waals surface area contributed by atoms with E-state index in [1.165, 1.54) is 12.8 Å². The van der Waals surface area contributed by atoms with Crippen molar-refractivity contribution in [3.8, 4) is 6.07 Å². The predicted molar refractivity (Wildman–Crippen MR) is 62.1 cm³/mol. The van der Waals surface area contributed by atoms with E-state index in [0.29, 0.717) is 6.04 Å². The van der Waals surface area contributed by atoms with Crippen LogP contribution in [0.5, 0.6) is 0 Å². The van der Waals surface area contributed by atoms with E-state index < -0.39 is 0 Å². The van der Waals surface area contributed by atoms with Gasteiger partial charge < -0.3 is 4.74 Å². The van der Waals surface area contributed by atoms with E-state index in [2.05, 4.69) is 15.9 Å². The quantitative estimate of drug-likeness (QED) is 0.690. The first kappa shape index (κ1) is 11.8. The molecule has 0 bridgehead atoms. The Morgan fingerprint density at radius 3 is 2.38 bits per heavy atom. The third-order valence-corrected chi connectivity index (χ3v) is 3.79. The third kappa shape index (κ3) is 2.73. The van der Waals surface area contributed by atoms with Gasteiger partial charge in [-0.1, -0.05) is 0 Å². The predicted octanol–water partition coefficient (Wildman–Crippen LogP) is 0.695. The monoisotopic (exact) mass is 223 g/mol. The first-order valence-electron chi connectivity index (χ1n) is 6.26. The zero-order chi connectivity index (χ0) is 11.4. The first-order valence-corrected chi connectivity index (χ1v) is 6.26. The molecule has 0 radical (unpaired) electrons. The van der Waals surface area contributed by atoms with Crippen LogP contribution < -0.4 is 0 Å². The van der Waals surface area contributed by atoms with Crippen LogP contribution in [-0.2, 0) is 4.74 Å². The largest absolute Gasteiger partial charge is 0.381 e. The van der Waals surface area contributed by atoms with Gasteiger partial charge in [0.2, 0.25) is 0 Å². The van der Waals surface area contributed by atoms with Crippen LogP contribution in [0.1, 0.15) is 19.8 Å².